The highest BCUT2D eigenvalue weighted by Gasteiger charge is 2.34. The van der Waals surface area contributed by atoms with Crippen molar-refractivity contribution in [1.82, 2.24) is 9.88 Å². The third-order valence-corrected chi connectivity index (χ3v) is 7.12. The summed E-state index contributed by atoms with van der Waals surface area (Å²) >= 11 is 0. The molecule has 0 aliphatic carbocycles. The van der Waals surface area contributed by atoms with Gasteiger partial charge in [-0.15, -0.1) is 0 Å². The quantitative estimate of drug-likeness (QED) is 0.418. The molecule has 1 unspecified atom stereocenters. The zero-order chi connectivity index (χ0) is 21.2. The molecule has 6 N–H and O–H groups in total. The van der Waals surface area contributed by atoms with Crippen LogP contribution in [-0.4, -0.2) is 55.8 Å². The van der Waals surface area contributed by atoms with Crippen molar-refractivity contribution in [3.05, 3.63) is 45.9 Å². The highest BCUT2D eigenvalue weighted by atomic mass is 31.3. The zero-order valence-electron chi connectivity index (χ0n) is 16.4. The van der Waals surface area contributed by atoms with Crippen LogP contribution in [-0.2, 0) is 24.4 Å². The summed E-state index contributed by atoms with van der Waals surface area (Å²) in [5.74, 6) is 0. The van der Waals surface area contributed by atoms with Crippen molar-refractivity contribution >= 4 is 26.4 Å². The number of nitrogens with one attached hydrogen (secondary N) is 1. The molecule has 1 saturated heterocycles. The van der Waals surface area contributed by atoms with Crippen LogP contribution in [0.15, 0.2) is 29.1 Å². The van der Waals surface area contributed by atoms with Gasteiger partial charge in [-0.1, -0.05) is 12.1 Å². The van der Waals surface area contributed by atoms with Crippen LogP contribution in [0, 0.1) is 6.92 Å². The van der Waals surface area contributed by atoms with Gasteiger partial charge in [-0.3, -0.25) is 14.2 Å². The molecule has 1 aromatic heterocycles. The third-order valence-electron chi connectivity index (χ3n) is 4.97. The summed E-state index contributed by atoms with van der Waals surface area (Å²) in [6, 6.07) is 7.35. The number of phosphoric ester groups is 1. The molecule has 30 heavy (non-hydrogen) atoms. The fourth-order valence-electron chi connectivity index (χ4n) is 3.61. The maximum atomic E-state index is 12.3. The normalized spacial score (nSPS) is 19.5. The second-order valence-electron chi connectivity index (χ2n) is 7.08. The molecule has 13 heteroatoms. The Morgan fingerprint density at radius 1 is 1.23 bits per heavy atom. The molecule has 2 atom stereocenters. The Morgan fingerprint density at radius 3 is 2.67 bits per heavy atom. The molecule has 1 aromatic carbocycles. The number of likely N-dealkylation sites (tertiary alicyclic amines) is 1. The Kier molecular flexibility index (Phi) is 8.15. The van der Waals surface area contributed by atoms with E-state index < -0.39 is 15.6 Å². The molecule has 1 fully saturated rings. The second-order valence-corrected chi connectivity index (χ2v) is 9.91. The van der Waals surface area contributed by atoms with E-state index in [0.29, 0.717) is 24.8 Å². The summed E-state index contributed by atoms with van der Waals surface area (Å²) < 4.78 is 30.9. The number of pyridine rings is 1. The van der Waals surface area contributed by atoms with Crippen LogP contribution < -0.4 is 5.56 Å². The maximum Gasteiger partial charge on any atom is 0.481 e. The van der Waals surface area contributed by atoms with Crippen LogP contribution in [0.4, 0.5) is 0 Å². The Morgan fingerprint density at radius 2 is 1.97 bits per heavy atom. The highest BCUT2D eigenvalue weighted by Crippen LogP contribution is 2.57. The minimum Gasteiger partial charge on any atom is -0.412 e. The van der Waals surface area contributed by atoms with Crippen molar-refractivity contribution in [2.45, 2.75) is 32.2 Å². The van der Waals surface area contributed by atoms with E-state index >= 15 is 0 Å². The monoisotopic (exact) mass is 464 g/mol. The maximum absolute atomic E-state index is 12.3. The Hall–Kier alpha value is -1.39. The average Bonchev–Trinajstić information content (AvgIpc) is 3.05. The highest BCUT2D eigenvalue weighted by molar-refractivity contribution is 7.60. The van der Waals surface area contributed by atoms with Crippen LogP contribution in [0.3, 0.4) is 0 Å². The largest absolute Gasteiger partial charge is 0.481 e. The molecule has 0 spiro atoms. The molecule has 2 aromatic rings. The summed E-state index contributed by atoms with van der Waals surface area (Å²) in [7, 11) is -9.98. The van der Waals surface area contributed by atoms with E-state index in [4.69, 9.17) is 14.3 Å². The molecular formula is C17H26N2O9P2. The lowest BCUT2D eigenvalue weighted by molar-refractivity contribution is 0.130. The number of aryl methyl sites for hydroxylation is 1. The number of nitrogens with zero attached hydrogens (tertiary/aromatic N) is 1. The summed E-state index contributed by atoms with van der Waals surface area (Å²) in [4.78, 5) is 44.0. The van der Waals surface area contributed by atoms with Crippen LogP contribution in [0.1, 0.15) is 24.1 Å². The van der Waals surface area contributed by atoms with Crippen LogP contribution in [0.5, 0.6) is 0 Å². The summed E-state index contributed by atoms with van der Waals surface area (Å²) in [6.45, 7) is 3.10. The predicted octanol–water partition coefficient (Wildman–Crippen LogP) is 1.25. The number of phosphoric acid groups is 2. The van der Waals surface area contributed by atoms with Crippen molar-refractivity contribution in [3.8, 4) is 0 Å². The minimum atomic E-state index is -5.13. The zero-order valence-corrected chi connectivity index (χ0v) is 18.1. The molecule has 0 bridgehead atoms. The Balaban J connectivity index is 0.00000320. The SMILES string of the molecule is Cc1cccc2c(=O)[nH]c(CCN3CCC[C@@H]3COP(=O)(O)OP(=O)(O)O)cc12.O. The molecule has 2 heterocycles. The molecule has 1 aliphatic heterocycles. The van der Waals surface area contributed by atoms with Gasteiger partial charge in [0.15, 0.2) is 0 Å². The van der Waals surface area contributed by atoms with Crippen molar-refractivity contribution in [2.75, 3.05) is 19.7 Å². The first-order valence-electron chi connectivity index (χ1n) is 9.14. The summed E-state index contributed by atoms with van der Waals surface area (Å²) in [5.41, 5.74) is 1.67. The van der Waals surface area contributed by atoms with E-state index in [1.165, 1.54) is 0 Å². The van der Waals surface area contributed by atoms with Gasteiger partial charge in [0.25, 0.3) is 5.56 Å². The first kappa shape index (κ1) is 24.9. The molecule has 0 saturated carbocycles. The van der Waals surface area contributed by atoms with Gasteiger partial charge in [0, 0.05) is 30.1 Å². The molecule has 11 nitrogen and oxygen atoms in total. The lowest BCUT2D eigenvalue weighted by Gasteiger charge is -2.25. The van der Waals surface area contributed by atoms with Crippen LogP contribution >= 0.6 is 15.6 Å². The Bertz CT molecular complexity index is 1040. The number of aromatic amines is 1. The van der Waals surface area contributed by atoms with Crippen molar-refractivity contribution < 1.29 is 38.1 Å². The number of benzene rings is 1. The molecular weight excluding hydrogens is 438 g/mol. The van der Waals surface area contributed by atoms with E-state index in [9.17, 15) is 18.8 Å². The molecule has 0 amide bonds. The van der Waals surface area contributed by atoms with E-state index in [2.05, 4.69) is 14.2 Å². The fraction of sp³-hybridized carbons (Fsp3) is 0.471. The van der Waals surface area contributed by atoms with Gasteiger partial charge in [-0.25, -0.2) is 9.13 Å². The smallest absolute Gasteiger partial charge is 0.412 e. The first-order chi connectivity index (χ1) is 13.5. The number of hydrogen-bond acceptors (Lipinski definition) is 6. The third kappa shape index (κ3) is 6.55. The van der Waals surface area contributed by atoms with Gasteiger partial charge < -0.3 is 25.1 Å². The van der Waals surface area contributed by atoms with Gasteiger partial charge >= 0.3 is 15.6 Å². The van der Waals surface area contributed by atoms with Gasteiger partial charge in [-0.05, 0) is 49.4 Å². The van der Waals surface area contributed by atoms with E-state index in [1.54, 1.807) is 6.07 Å². The minimum absolute atomic E-state index is 0. The Labute approximate surface area is 172 Å². The van der Waals surface area contributed by atoms with Gasteiger partial charge in [0.05, 0.1) is 6.61 Å². The van der Waals surface area contributed by atoms with Crippen molar-refractivity contribution in [2.24, 2.45) is 0 Å². The summed E-state index contributed by atoms with van der Waals surface area (Å²) in [5, 5.41) is 1.55. The van der Waals surface area contributed by atoms with Crippen molar-refractivity contribution in [1.29, 1.82) is 0 Å². The molecule has 0 radical (unpaired) electrons. The molecule has 1 aliphatic rings. The van der Waals surface area contributed by atoms with E-state index in [0.717, 1.165) is 29.6 Å². The standard InChI is InChI=1S/C17H24N2O8P2.H2O/c1-12-4-2-6-15-16(12)10-13(18-17(15)20)7-9-19-8-3-5-14(19)11-26-29(24,25)27-28(21,22)23;/h2,4,6,10,14H,3,5,7-9,11H2,1H3,(H,18,20)(H,24,25)(H2,21,22,23);1H2/t14-;/m1./s1. The van der Waals surface area contributed by atoms with E-state index in [-0.39, 0.29) is 23.7 Å². The number of hydrogen-bond donors (Lipinski definition) is 4. The van der Waals surface area contributed by atoms with Crippen molar-refractivity contribution in [3.63, 3.8) is 0 Å². The van der Waals surface area contributed by atoms with Gasteiger partial charge in [0.1, 0.15) is 0 Å². The van der Waals surface area contributed by atoms with Crippen LogP contribution in [0.25, 0.3) is 10.8 Å². The number of H-pyrrole nitrogens is 1. The average molecular weight is 464 g/mol. The topological polar surface area (TPSA) is 181 Å². The van der Waals surface area contributed by atoms with Gasteiger partial charge in [-0.2, -0.15) is 4.31 Å². The second kappa shape index (κ2) is 9.82. The van der Waals surface area contributed by atoms with Crippen LogP contribution in [0.2, 0.25) is 0 Å². The first-order valence-corrected chi connectivity index (χ1v) is 12.2. The number of aromatic nitrogens is 1. The lowest BCUT2D eigenvalue weighted by Crippen LogP contribution is -2.34. The number of fused-ring (bicyclic) bond motifs is 1. The van der Waals surface area contributed by atoms with E-state index in [1.807, 2.05) is 25.1 Å². The predicted molar refractivity (Wildman–Crippen MR) is 110 cm³/mol. The molecule has 3 rings (SSSR count). The lowest BCUT2D eigenvalue weighted by atomic mass is 10.1. The fourth-order valence-corrected chi connectivity index (χ4v) is 5.23. The number of rotatable bonds is 8. The summed E-state index contributed by atoms with van der Waals surface area (Å²) in [6.07, 6.45) is 2.14. The molecule has 168 valence electrons. The van der Waals surface area contributed by atoms with Gasteiger partial charge in [0.2, 0.25) is 0 Å².